The highest BCUT2D eigenvalue weighted by molar-refractivity contribution is 5.91. The smallest absolute Gasteiger partial charge is 0.287 e. The monoisotopic (exact) mass is 262 g/mol. The van der Waals surface area contributed by atoms with Crippen LogP contribution in [0.1, 0.15) is 17.5 Å². The average Bonchev–Trinajstić information content (AvgIpc) is 2.94. The summed E-state index contributed by atoms with van der Waals surface area (Å²) in [6, 6.07) is 3.28. The molecule has 0 unspecified atom stereocenters. The van der Waals surface area contributed by atoms with Crippen LogP contribution in [0, 0.1) is 12.3 Å². The van der Waals surface area contributed by atoms with E-state index in [4.69, 9.17) is 10.8 Å². The van der Waals surface area contributed by atoms with Crippen molar-refractivity contribution in [3.63, 3.8) is 0 Å². The van der Waals surface area contributed by atoms with Crippen LogP contribution in [0.4, 0.5) is 0 Å². The molecule has 0 spiro atoms. The molecule has 0 saturated carbocycles. The van der Waals surface area contributed by atoms with Crippen molar-refractivity contribution in [1.29, 1.82) is 0 Å². The zero-order chi connectivity index (χ0) is 13.9. The van der Waals surface area contributed by atoms with Crippen LogP contribution in [-0.4, -0.2) is 38.0 Å². The molecule has 3 N–H and O–H groups in total. The minimum absolute atomic E-state index is 0.248. The fourth-order valence-electron chi connectivity index (χ4n) is 1.31. The number of nitrogens with zero attached hydrogens (tertiary/aromatic N) is 1. The van der Waals surface area contributed by atoms with Gasteiger partial charge in [0.15, 0.2) is 11.7 Å². The third kappa shape index (κ3) is 5.64. The van der Waals surface area contributed by atoms with E-state index in [9.17, 15) is 4.79 Å². The first-order chi connectivity index (χ1) is 9.27. The molecule has 19 heavy (non-hydrogen) atoms. The van der Waals surface area contributed by atoms with Crippen LogP contribution >= 0.6 is 0 Å². The maximum absolute atomic E-state index is 11.5. The molecule has 1 aromatic heterocycles. The van der Waals surface area contributed by atoms with E-state index in [2.05, 4.69) is 26.9 Å². The van der Waals surface area contributed by atoms with Crippen molar-refractivity contribution >= 4 is 11.9 Å². The van der Waals surface area contributed by atoms with Crippen LogP contribution in [0.2, 0.25) is 0 Å². The van der Waals surface area contributed by atoms with Crippen molar-refractivity contribution in [2.24, 2.45) is 4.99 Å². The van der Waals surface area contributed by atoms with Crippen molar-refractivity contribution in [3.05, 3.63) is 24.2 Å². The molecule has 0 aliphatic carbocycles. The largest absolute Gasteiger partial charge is 0.459 e. The first-order valence-electron chi connectivity index (χ1n) is 6.05. The van der Waals surface area contributed by atoms with Crippen LogP contribution < -0.4 is 16.0 Å². The van der Waals surface area contributed by atoms with E-state index >= 15 is 0 Å². The Labute approximate surface area is 112 Å². The maximum Gasteiger partial charge on any atom is 0.287 e. The van der Waals surface area contributed by atoms with E-state index in [-0.39, 0.29) is 5.91 Å². The third-order valence-electron chi connectivity index (χ3n) is 2.11. The Hall–Kier alpha value is -2.42. The second-order valence-electron chi connectivity index (χ2n) is 3.55. The average molecular weight is 262 g/mol. The molecular formula is C13H18N4O2. The van der Waals surface area contributed by atoms with Gasteiger partial charge in [0.2, 0.25) is 0 Å². The predicted molar refractivity (Wildman–Crippen MR) is 73.9 cm³/mol. The van der Waals surface area contributed by atoms with Gasteiger partial charge in [0, 0.05) is 13.1 Å². The van der Waals surface area contributed by atoms with Crippen molar-refractivity contribution in [1.82, 2.24) is 16.0 Å². The van der Waals surface area contributed by atoms with E-state index in [1.165, 1.54) is 6.26 Å². The summed E-state index contributed by atoms with van der Waals surface area (Å²) in [5, 5.41) is 8.71. The van der Waals surface area contributed by atoms with Crippen molar-refractivity contribution in [3.8, 4) is 12.3 Å². The van der Waals surface area contributed by atoms with Gasteiger partial charge in [0.25, 0.3) is 5.91 Å². The number of carbonyl (C=O) groups excluding carboxylic acids is 1. The number of aliphatic imine (C=N–C) groups is 1. The molecule has 0 fully saturated rings. The number of terminal acetylenes is 1. The lowest BCUT2D eigenvalue weighted by Gasteiger charge is -2.08. The number of carbonyl (C=O) groups is 1. The molecule has 0 aliphatic rings. The lowest BCUT2D eigenvalue weighted by Crippen LogP contribution is -2.38. The molecule has 0 saturated heterocycles. The normalized spacial score (nSPS) is 10.6. The molecule has 1 rings (SSSR count). The summed E-state index contributed by atoms with van der Waals surface area (Å²) in [6.45, 7) is 3.99. The highest BCUT2D eigenvalue weighted by Crippen LogP contribution is 1.98. The quantitative estimate of drug-likeness (QED) is 0.296. The second-order valence-corrected chi connectivity index (χ2v) is 3.55. The van der Waals surface area contributed by atoms with E-state index < -0.39 is 0 Å². The number of nitrogens with one attached hydrogen (secondary N) is 3. The Balaban J connectivity index is 2.30. The maximum atomic E-state index is 11.5. The van der Waals surface area contributed by atoms with Gasteiger partial charge in [0.1, 0.15) is 0 Å². The number of hydrogen-bond donors (Lipinski definition) is 3. The van der Waals surface area contributed by atoms with Gasteiger partial charge in [-0.2, -0.15) is 0 Å². The topological polar surface area (TPSA) is 78.7 Å². The number of furan rings is 1. The summed E-state index contributed by atoms with van der Waals surface area (Å²) in [7, 11) is 0. The Morgan fingerprint density at radius 3 is 2.95 bits per heavy atom. The van der Waals surface area contributed by atoms with E-state index in [0.29, 0.717) is 31.4 Å². The zero-order valence-corrected chi connectivity index (χ0v) is 10.9. The molecule has 0 aliphatic heterocycles. The third-order valence-corrected chi connectivity index (χ3v) is 2.11. The highest BCUT2D eigenvalue weighted by Gasteiger charge is 2.06. The SMILES string of the molecule is C#CCNC(=NCCNC(=O)c1ccco1)NCC. The van der Waals surface area contributed by atoms with Gasteiger partial charge in [-0.25, -0.2) is 0 Å². The molecule has 1 aromatic rings. The van der Waals surface area contributed by atoms with Crippen molar-refractivity contribution < 1.29 is 9.21 Å². The minimum atomic E-state index is -0.248. The molecule has 0 radical (unpaired) electrons. The molecule has 0 aromatic carbocycles. The lowest BCUT2D eigenvalue weighted by molar-refractivity contribution is 0.0927. The summed E-state index contributed by atoms with van der Waals surface area (Å²) in [6.07, 6.45) is 6.62. The fourth-order valence-corrected chi connectivity index (χ4v) is 1.31. The number of amides is 1. The first-order valence-corrected chi connectivity index (χ1v) is 6.05. The molecule has 1 amide bonds. The Morgan fingerprint density at radius 2 is 2.32 bits per heavy atom. The molecule has 1 heterocycles. The van der Waals surface area contributed by atoms with Gasteiger partial charge in [-0.15, -0.1) is 6.42 Å². The number of hydrogen-bond acceptors (Lipinski definition) is 3. The predicted octanol–water partition coefficient (Wildman–Crippen LogP) is 0.198. The number of rotatable bonds is 6. The van der Waals surface area contributed by atoms with E-state index in [1.807, 2.05) is 6.92 Å². The van der Waals surface area contributed by atoms with Gasteiger partial charge in [-0.1, -0.05) is 5.92 Å². The highest BCUT2D eigenvalue weighted by atomic mass is 16.3. The standard InChI is InChI=1S/C13H18N4O2/c1-3-7-16-13(14-4-2)17-9-8-15-12(18)11-6-5-10-19-11/h1,5-6,10H,4,7-9H2,2H3,(H,15,18)(H2,14,16,17). The summed E-state index contributed by atoms with van der Waals surface area (Å²) in [4.78, 5) is 15.8. The van der Waals surface area contributed by atoms with Crippen LogP contribution in [0.15, 0.2) is 27.8 Å². The van der Waals surface area contributed by atoms with Crippen LogP contribution in [-0.2, 0) is 0 Å². The zero-order valence-electron chi connectivity index (χ0n) is 10.9. The Bertz CT molecular complexity index is 446. The van der Waals surface area contributed by atoms with Crippen LogP contribution in [0.3, 0.4) is 0 Å². The molecule has 6 nitrogen and oxygen atoms in total. The summed E-state index contributed by atoms with van der Waals surface area (Å²) in [5.74, 6) is 3.15. The van der Waals surface area contributed by atoms with Gasteiger partial charge in [0.05, 0.1) is 19.4 Å². The van der Waals surface area contributed by atoms with Gasteiger partial charge in [-0.05, 0) is 19.1 Å². The summed E-state index contributed by atoms with van der Waals surface area (Å²) in [5.41, 5.74) is 0. The van der Waals surface area contributed by atoms with Crippen molar-refractivity contribution in [2.75, 3.05) is 26.2 Å². The fraction of sp³-hybridized carbons (Fsp3) is 0.385. The van der Waals surface area contributed by atoms with Crippen molar-refractivity contribution in [2.45, 2.75) is 6.92 Å². The minimum Gasteiger partial charge on any atom is -0.459 e. The van der Waals surface area contributed by atoms with Crippen LogP contribution in [0.5, 0.6) is 0 Å². The first kappa shape index (κ1) is 14.6. The van der Waals surface area contributed by atoms with Gasteiger partial charge in [-0.3, -0.25) is 9.79 Å². The number of guanidine groups is 1. The lowest BCUT2D eigenvalue weighted by atomic mass is 10.4. The molecule has 6 heteroatoms. The van der Waals surface area contributed by atoms with Gasteiger partial charge < -0.3 is 20.4 Å². The summed E-state index contributed by atoms with van der Waals surface area (Å²) < 4.78 is 4.97. The molecule has 0 bridgehead atoms. The van der Waals surface area contributed by atoms with E-state index in [0.717, 1.165) is 6.54 Å². The van der Waals surface area contributed by atoms with Crippen LogP contribution in [0.25, 0.3) is 0 Å². The molecule has 0 atom stereocenters. The molecule has 102 valence electrons. The van der Waals surface area contributed by atoms with E-state index in [1.54, 1.807) is 12.1 Å². The Kier molecular flexibility index (Phi) is 6.66. The molecular weight excluding hydrogens is 244 g/mol. The van der Waals surface area contributed by atoms with Gasteiger partial charge >= 0.3 is 0 Å². The second kappa shape index (κ2) is 8.64. The Morgan fingerprint density at radius 1 is 1.47 bits per heavy atom. The summed E-state index contributed by atoms with van der Waals surface area (Å²) >= 11 is 0.